The molecule has 0 bridgehead atoms. The lowest BCUT2D eigenvalue weighted by molar-refractivity contribution is -0.130. The summed E-state index contributed by atoms with van der Waals surface area (Å²) in [5.74, 6) is 0.274. The molecule has 2 aliphatic rings. The number of nitrogens with one attached hydrogen (secondary N) is 1. The van der Waals surface area contributed by atoms with Crippen LogP contribution in [0.2, 0.25) is 0 Å². The van der Waals surface area contributed by atoms with Gasteiger partial charge in [0.05, 0.1) is 17.9 Å². The summed E-state index contributed by atoms with van der Waals surface area (Å²) in [6.45, 7) is 4.19. The average Bonchev–Trinajstić information content (AvgIpc) is 2.48. The van der Waals surface area contributed by atoms with E-state index in [1.165, 1.54) is 6.42 Å². The van der Waals surface area contributed by atoms with Crippen LogP contribution in [-0.2, 0) is 4.79 Å². The number of carbonyl (C=O) groups is 1. The number of anilines is 2. The number of halogens is 1. The van der Waals surface area contributed by atoms with Gasteiger partial charge in [-0.05, 0) is 31.4 Å². The van der Waals surface area contributed by atoms with E-state index < -0.39 is 0 Å². The lowest BCUT2D eigenvalue weighted by Crippen LogP contribution is -2.45. The first-order chi connectivity index (χ1) is 9.34. The summed E-state index contributed by atoms with van der Waals surface area (Å²) >= 11 is 0. The van der Waals surface area contributed by atoms with Crippen molar-refractivity contribution in [3.05, 3.63) is 24.3 Å². The van der Waals surface area contributed by atoms with E-state index in [1.807, 2.05) is 17.0 Å². The van der Waals surface area contributed by atoms with Crippen molar-refractivity contribution in [1.82, 2.24) is 4.90 Å². The van der Waals surface area contributed by atoms with E-state index in [9.17, 15) is 4.79 Å². The predicted octanol–water partition coefficient (Wildman–Crippen LogP) is 2.35. The molecule has 1 N–H and O–H groups in total. The molecule has 0 unspecified atom stereocenters. The van der Waals surface area contributed by atoms with Crippen molar-refractivity contribution < 1.29 is 4.79 Å². The topological polar surface area (TPSA) is 35.6 Å². The molecule has 0 aliphatic carbocycles. The van der Waals surface area contributed by atoms with Crippen LogP contribution in [0.15, 0.2) is 24.3 Å². The Balaban J connectivity index is 0.00000147. The lowest BCUT2D eigenvalue weighted by Gasteiger charge is -2.34. The third-order valence-electron chi connectivity index (χ3n) is 3.98. The lowest BCUT2D eigenvalue weighted by atomic mass is 10.1. The van der Waals surface area contributed by atoms with Gasteiger partial charge in [-0.15, -0.1) is 12.4 Å². The van der Waals surface area contributed by atoms with E-state index in [0.717, 1.165) is 50.4 Å². The van der Waals surface area contributed by atoms with Gasteiger partial charge in [-0.25, -0.2) is 0 Å². The number of nitrogens with zero attached hydrogens (tertiary/aromatic N) is 2. The molecule has 2 aliphatic heterocycles. The van der Waals surface area contributed by atoms with E-state index in [1.54, 1.807) is 0 Å². The monoisotopic (exact) mass is 295 g/mol. The summed E-state index contributed by atoms with van der Waals surface area (Å²) < 4.78 is 0. The molecule has 110 valence electrons. The van der Waals surface area contributed by atoms with E-state index in [2.05, 4.69) is 22.3 Å². The zero-order valence-corrected chi connectivity index (χ0v) is 12.5. The van der Waals surface area contributed by atoms with Crippen LogP contribution in [0.5, 0.6) is 0 Å². The Morgan fingerprint density at radius 1 is 1.10 bits per heavy atom. The number of carbonyl (C=O) groups excluding carboxylic acids is 1. The summed E-state index contributed by atoms with van der Waals surface area (Å²) in [6, 6.07) is 8.23. The standard InChI is InChI=1S/C15H21N3O.ClH/c19-15(17-9-4-1-5-10-17)12-18-11-8-16-13-6-2-3-7-14(13)18;/h2-3,6-7,16H,1,4-5,8-12H2;1H. The number of piperidine rings is 1. The summed E-state index contributed by atoms with van der Waals surface area (Å²) in [4.78, 5) is 16.6. The van der Waals surface area contributed by atoms with Gasteiger partial charge < -0.3 is 15.1 Å². The van der Waals surface area contributed by atoms with Crippen LogP contribution >= 0.6 is 12.4 Å². The normalized spacial score (nSPS) is 17.8. The highest BCUT2D eigenvalue weighted by Gasteiger charge is 2.22. The molecule has 4 nitrogen and oxygen atoms in total. The number of hydrogen-bond donors (Lipinski definition) is 1. The molecule has 0 saturated carbocycles. The quantitative estimate of drug-likeness (QED) is 0.910. The second-order valence-corrected chi connectivity index (χ2v) is 5.31. The molecule has 1 amide bonds. The van der Waals surface area contributed by atoms with Crippen LogP contribution in [0.25, 0.3) is 0 Å². The van der Waals surface area contributed by atoms with Crippen LogP contribution < -0.4 is 10.2 Å². The minimum Gasteiger partial charge on any atom is -0.382 e. The van der Waals surface area contributed by atoms with Crippen LogP contribution in [0.1, 0.15) is 19.3 Å². The van der Waals surface area contributed by atoms with Gasteiger partial charge in [0.15, 0.2) is 0 Å². The van der Waals surface area contributed by atoms with Crippen molar-refractivity contribution in [2.24, 2.45) is 0 Å². The maximum Gasteiger partial charge on any atom is 0.242 e. The van der Waals surface area contributed by atoms with Crippen molar-refractivity contribution in [2.45, 2.75) is 19.3 Å². The SMILES string of the molecule is Cl.O=C(CN1CCNc2ccccc21)N1CCCCC1. The summed E-state index contributed by atoms with van der Waals surface area (Å²) in [6.07, 6.45) is 3.58. The molecule has 1 saturated heterocycles. The van der Waals surface area contributed by atoms with Crippen LogP contribution in [-0.4, -0.2) is 43.5 Å². The zero-order valence-electron chi connectivity index (χ0n) is 11.7. The maximum atomic E-state index is 12.3. The molecule has 1 aromatic carbocycles. The van der Waals surface area contributed by atoms with Crippen LogP contribution in [0, 0.1) is 0 Å². The fourth-order valence-electron chi connectivity index (χ4n) is 2.92. The molecule has 1 aromatic rings. The number of benzene rings is 1. The van der Waals surface area contributed by atoms with Crippen molar-refractivity contribution in [3.63, 3.8) is 0 Å². The molecule has 0 radical (unpaired) electrons. The number of para-hydroxylation sites is 2. The third kappa shape index (κ3) is 3.18. The highest BCUT2D eigenvalue weighted by molar-refractivity contribution is 5.85. The Bertz CT molecular complexity index is 460. The largest absolute Gasteiger partial charge is 0.382 e. The van der Waals surface area contributed by atoms with Crippen LogP contribution in [0.3, 0.4) is 0 Å². The highest BCUT2D eigenvalue weighted by atomic mass is 35.5. The molecular weight excluding hydrogens is 274 g/mol. The van der Waals surface area contributed by atoms with Gasteiger partial charge in [0.25, 0.3) is 0 Å². The molecule has 1 fully saturated rings. The molecule has 0 spiro atoms. The first-order valence-electron chi connectivity index (χ1n) is 7.20. The number of fused-ring (bicyclic) bond motifs is 1. The van der Waals surface area contributed by atoms with E-state index in [0.29, 0.717) is 6.54 Å². The van der Waals surface area contributed by atoms with Gasteiger partial charge >= 0.3 is 0 Å². The number of hydrogen-bond acceptors (Lipinski definition) is 3. The number of likely N-dealkylation sites (tertiary alicyclic amines) is 1. The summed E-state index contributed by atoms with van der Waals surface area (Å²) in [5, 5.41) is 3.38. The second-order valence-electron chi connectivity index (χ2n) is 5.31. The van der Waals surface area contributed by atoms with Crippen molar-refractivity contribution in [3.8, 4) is 0 Å². The fraction of sp³-hybridized carbons (Fsp3) is 0.533. The minimum absolute atomic E-state index is 0. The predicted molar refractivity (Wildman–Crippen MR) is 84.8 cm³/mol. The van der Waals surface area contributed by atoms with Gasteiger partial charge in [-0.1, -0.05) is 12.1 Å². The highest BCUT2D eigenvalue weighted by Crippen LogP contribution is 2.28. The third-order valence-corrected chi connectivity index (χ3v) is 3.98. The average molecular weight is 296 g/mol. The summed E-state index contributed by atoms with van der Waals surface area (Å²) in [7, 11) is 0. The van der Waals surface area contributed by atoms with Gasteiger partial charge in [-0.3, -0.25) is 4.79 Å². The first kappa shape index (κ1) is 15.0. The van der Waals surface area contributed by atoms with Gasteiger partial charge in [0.2, 0.25) is 5.91 Å². The Labute approximate surface area is 126 Å². The molecular formula is C15H22ClN3O. The molecule has 3 rings (SSSR count). The summed E-state index contributed by atoms with van der Waals surface area (Å²) in [5.41, 5.74) is 2.29. The van der Waals surface area contributed by atoms with E-state index in [4.69, 9.17) is 0 Å². The van der Waals surface area contributed by atoms with E-state index in [-0.39, 0.29) is 18.3 Å². The van der Waals surface area contributed by atoms with Crippen molar-refractivity contribution >= 4 is 29.7 Å². The Morgan fingerprint density at radius 2 is 1.85 bits per heavy atom. The smallest absolute Gasteiger partial charge is 0.242 e. The van der Waals surface area contributed by atoms with Gasteiger partial charge in [-0.2, -0.15) is 0 Å². The molecule has 5 heteroatoms. The minimum atomic E-state index is 0. The van der Waals surface area contributed by atoms with Gasteiger partial charge in [0, 0.05) is 26.2 Å². The molecule has 0 aromatic heterocycles. The van der Waals surface area contributed by atoms with Crippen molar-refractivity contribution in [1.29, 1.82) is 0 Å². The Hall–Kier alpha value is -1.42. The molecule has 0 atom stereocenters. The Kier molecular flexibility index (Phi) is 5.12. The zero-order chi connectivity index (χ0) is 13.1. The van der Waals surface area contributed by atoms with Crippen molar-refractivity contribution in [2.75, 3.05) is 42.9 Å². The Morgan fingerprint density at radius 3 is 2.65 bits per heavy atom. The fourth-order valence-corrected chi connectivity index (χ4v) is 2.92. The first-order valence-corrected chi connectivity index (χ1v) is 7.20. The second kappa shape index (κ2) is 6.84. The van der Waals surface area contributed by atoms with Crippen LogP contribution in [0.4, 0.5) is 11.4 Å². The molecule has 20 heavy (non-hydrogen) atoms. The van der Waals surface area contributed by atoms with E-state index >= 15 is 0 Å². The maximum absolute atomic E-state index is 12.3. The number of rotatable bonds is 2. The molecule has 2 heterocycles. The number of amides is 1. The van der Waals surface area contributed by atoms with Gasteiger partial charge in [0.1, 0.15) is 0 Å².